The van der Waals surface area contributed by atoms with Crippen LogP contribution in [0.15, 0.2) is 17.1 Å². The number of hydrogen-bond donors (Lipinski definition) is 0. The van der Waals surface area contributed by atoms with Crippen LogP contribution in [-0.2, 0) is 0 Å². The topological polar surface area (TPSA) is 34.5 Å². The maximum Gasteiger partial charge on any atom is 0.214 e. The first-order valence-electron chi connectivity index (χ1n) is 4.37. The highest BCUT2D eigenvalue weighted by atomic mass is 16.5. The molecule has 1 unspecified atom stereocenters. The molecule has 0 amide bonds. The molecule has 3 nitrogen and oxygen atoms in total. The molecular formula is C10H12N2O. The monoisotopic (exact) mass is 176 g/mol. The van der Waals surface area contributed by atoms with E-state index in [0.29, 0.717) is 11.8 Å². The highest BCUT2D eigenvalue weighted by Crippen LogP contribution is 2.01. The normalized spacial score (nSPS) is 19.7. The summed E-state index contributed by atoms with van der Waals surface area (Å²) in [6, 6.07) is 3.86. The number of hydrogen-bond acceptors (Lipinski definition) is 3. The van der Waals surface area contributed by atoms with Crippen LogP contribution in [0, 0.1) is 5.92 Å². The minimum atomic E-state index is 0.516. The van der Waals surface area contributed by atoms with Crippen LogP contribution in [-0.4, -0.2) is 18.6 Å². The second-order valence-corrected chi connectivity index (χ2v) is 3.25. The van der Waals surface area contributed by atoms with Crippen LogP contribution in [0.1, 0.15) is 6.92 Å². The molecule has 1 aliphatic rings. The van der Waals surface area contributed by atoms with Gasteiger partial charge in [-0.05, 0) is 12.0 Å². The average Bonchev–Trinajstić information content (AvgIpc) is 2.17. The van der Waals surface area contributed by atoms with E-state index in [1.165, 1.54) is 0 Å². The Balaban J connectivity index is 2.60. The number of nitrogens with zero attached hydrogens (tertiary/aromatic N) is 2. The molecule has 3 heteroatoms. The minimum Gasteiger partial charge on any atom is -0.481 e. The third-order valence-corrected chi connectivity index (χ3v) is 2.08. The zero-order valence-electron chi connectivity index (χ0n) is 7.82. The highest BCUT2D eigenvalue weighted by molar-refractivity contribution is 5.28. The fourth-order valence-electron chi connectivity index (χ4n) is 1.40. The SMILES string of the molecule is COc1ccc2c(n1)=NCC(C)C=2. The lowest BCUT2D eigenvalue weighted by atomic mass is 10.1. The van der Waals surface area contributed by atoms with Crippen molar-refractivity contribution in [3.8, 4) is 5.88 Å². The van der Waals surface area contributed by atoms with E-state index in [1.54, 1.807) is 7.11 Å². The Morgan fingerprint density at radius 3 is 3.08 bits per heavy atom. The van der Waals surface area contributed by atoms with Crippen molar-refractivity contribution in [2.24, 2.45) is 10.9 Å². The van der Waals surface area contributed by atoms with Gasteiger partial charge in [0.1, 0.15) is 0 Å². The van der Waals surface area contributed by atoms with Crippen molar-refractivity contribution in [2.45, 2.75) is 6.92 Å². The molecule has 1 aromatic rings. The molecular weight excluding hydrogens is 164 g/mol. The number of ether oxygens (including phenoxy) is 1. The van der Waals surface area contributed by atoms with Crippen LogP contribution < -0.4 is 15.4 Å². The van der Waals surface area contributed by atoms with E-state index in [1.807, 2.05) is 12.1 Å². The van der Waals surface area contributed by atoms with E-state index in [-0.39, 0.29) is 0 Å². The smallest absolute Gasteiger partial charge is 0.214 e. The average molecular weight is 176 g/mol. The third kappa shape index (κ3) is 1.54. The van der Waals surface area contributed by atoms with E-state index >= 15 is 0 Å². The van der Waals surface area contributed by atoms with Crippen molar-refractivity contribution in [1.29, 1.82) is 0 Å². The summed E-state index contributed by atoms with van der Waals surface area (Å²) >= 11 is 0. The van der Waals surface area contributed by atoms with Crippen LogP contribution in [0.5, 0.6) is 5.88 Å². The molecule has 0 aromatic carbocycles. The molecule has 0 saturated carbocycles. The molecule has 1 aromatic heterocycles. The van der Waals surface area contributed by atoms with Crippen LogP contribution in [0.2, 0.25) is 0 Å². The molecule has 1 aliphatic heterocycles. The standard InChI is InChI=1S/C10H12N2O/c1-7-5-8-3-4-9(13-2)12-10(8)11-6-7/h3-5,7H,6H2,1-2H3. The molecule has 0 N–H and O–H groups in total. The highest BCUT2D eigenvalue weighted by Gasteiger charge is 2.03. The van der Waals surface area contributed by atoms with Gasteiger partial charge in [-0.2, -0.15) is 4.98 Å². The lowest BCUT2D eigenvalue weighted by molar-refractivity contribution is 0.395. The fraction of sp³-hybridized carbons (Fsp3) is 0.400. The summed E-state index contributed by atoms with van der Waals surface area (Å²) in [5.74, 6) is 1.15. The minimum absolute atomic E-state index is 0.516. The lowest BCUT2D eigenvalue weighted by Gasteiger charge is -2.06. The summed E-state index contributed by atoms with van der Waals surface area (Å²) < 4.78 is 5.02. The molecule has 0 fully saturated rings. The van der Waals surface area contributed by atoms with Gasteiger partial charge in [-0.15, -0.1) is 0 Å². The number of rotatable bonds is 1. The van der Waals surface area contributed by atoms with Crippen LogP contribution in [0.4, 0.5) is 0 Å². The first-order chi connectivity index (χ1) is 6.29. The van der Waals surface area contributed by atoms with Crippen molar-refractivity contribution >= 4 is 6.08 Å². The van der Waals surface area contributed by atoms with Gasteiger partial charge in [-0.1, -0.05) is 13.0 Å². The fourth-order valence-corrected chi connectivity index (χ4v) is 1.40. The quantitative estimate of drug-likeness (QED) is 0.610. The van der Waals surface area contributed by atoms with Crippen LogP contribution in [0.3, 0.4) is 0 Å². The Kier molecular flexibility index (Phi) is 2.00. The molecule has 0 aliphatic carbocycles. The first kappa shape index (κ1) is 8.23. The van der Waals surface area contributed by atoms with Crippen molar-refractivity contribution in [3.63, 3.8) is 0 Å². The van der Waals surface area contributed by atoms with Crippen molar-refractivity contribution < 1.29 is 4.74 Å². The first-order valence-corrected chi connectivity index (χ1v) is 4.37. The summed E-state index contributed by atoms with van der Waals surface area (Å²) in [6.45, 7) is 2.98. The summed E-state index contributed by atoms with van der Waals surface area (Å²) in [7, 11) is 1.61. The molecule has 0 bridgehead atoms. The van der Waals surface area contributed by atoms with Gasteiger partial charge < -0.3 is 4.74 Å². The maximum atomic E-state index is 5.02. The van der Waals surface area contributed by atoms with Gasteiger partial charge in [-0.3, -0.25) is 4.99 Å². The number of methoxy groups -OCH3 is 1. The van der Waals surface area contributed by atoms with E-state index < -0.39 is 0 Å². The maximum absolute atomic E-state index is 5.02. The Labute approximate surface area is 76.8 Å². The van der Waals surface area contributed by atoms with Gasteiger partial charge >= 0.3 is 0 Å². The number of pyridine rings is 1. The van der Waals surface area contributed by atoms with Gasteiger partial charge in [0.25, 0.3) is 0 Å². The van der Waals surface area contributed by atoms with Gasteiger partial charge in [0.15, 0.2) is 5.49 Å². The lowest BCUT2D eigenvalue weighted by Crippen LogP contribution is -2.33. The second kappa shape index (κ2) is 3.17. The van der Waals surface area contributed by atoms with Crippen molar-refractivity contribution in [1.82, 2.24) is 4.98 Å². The van der Waals surface area contributed by atoms with Crippen molar-refractivity contribution in [2.75, 3.05) is 13.7 Å². The second-order valence-electron chi connectivity index (χ2n) is 3.25. The Morgan fingerprint density at radius 1 is 1.46 bits per heavy atom. The Bertz CT molecular complexity index is 425. The largest absolute Gasteiger partial charge is 0.481 e. The van der Waals surface area contributed by atoms with Gasteiger partial charge in [0, 0.05) is 17.8 Å². The molecule has 13 heavy (non-hydrogen) atoms. The molecule has 1 atom stereocenters. The summed E-state index contributed by atoms with van der Waals surface area (Å²) in [6.07, 6.45) is 2.19. The number of fused-ring (bicyclic) bond motifs is 1. The summed E-state index contributed by atoms with van der Waals surface area (Å²) in [4.78, 5) is 8.61. The van der Waals surface area contributed by atoms with Gasteiger partial charge in [0.05, 0.1) is 7.11 Å². The summed E-state index contributed by atoms with van der Waals surface area (Å²) in [5.41, 5.74) is 0.803. The number of aromatic nitrogens is 1. The zero-order chi connectivity index (χ0) is 9.26. The molecule has 68 valence electrons. The van der Waals surface area contributed by atoms with E-state index in [9.17, 15) is 0 Å². The summed E-state index contributed by atoms with van der Waals surface area (Å²) in [5, 5.41) is 1.11. The van der Waals surface area contributed by atoms with Gasteiger partial charge in [-0.25, -0.2) is 0 Å². The molecule has 0 saturated heterocycles. The molecule has 0 spiro atoms. The molecule has 2 rings (SSSR count). The third-order valence-electron chi connectivity index (χ3n) is 2.08. The van der Waals surface area contributed by atoms with Gasteiger partial charge in [0.2, 0.25) is 5.88 Å². The van der Waals surface area contributed by atoms with E-state index in [4.69, 9.17) is 4.74 Å². The zero-order valence-corrected chi connectivity index (χ0v) is 7.82. The van der Waals surface area contributed by atoms with Crippen molar-refractivity contribution in [3.05, 3.63) is 22.8 Å². The molecule has 0 radical (unpaired) electrons. The molecule has 2 heterocycles. The van der Waals surface area contributed by atoms with Crippen LogP contribution >= 0.6 is 0 Å². The Morgan fingerprint density at radius 2 is 2.31 bits per heavy atom. The van der Waals surface area contributed by atoms with Crippen LogP contribution in [0.25, 0.3) is 6.08 Å². The Hall–Kier alpha value is -1.38. The van der Waals surface area contributed by atoms with E-state index in [2.05, 4.69) is 23.0 Å². The predicted molar refractivity (Wildman–Crippen MR) is 50.1 cm³/mol. The predicted octanol–water partition coefficient (Wildman–Crippen LogP) is 0.140. The van der Waals surface area contributed by atoms with E-state index in [0.717, 1.165) is 17.3 Å².